The number of aryl methyl sites for hydroxylation is 2. The lowest BCUT2D eigenvalue weighted by molar-refractivity contribution is -0.149. The highest BCUT2D eigenvalue weighted by atomic mass is 16.5. The summed E-state index contributed by atoms with van der Waals surface area (Å²) in [7, 11) is 1.82. The molecule has 1 N–H and O–H groups in total. The fraction of sp³-hybridized carbons (Fsp3) is 0.762. The molecule has 1 aliphatic carbocycles. The minimum absolute atomic E-state index is 0.0633. The van der Waals surface area contributed by atoms with Gasteiger partial charge in [-0.25, -0.2) is 0 Å². The van der Waals surface area contributed by atoms with Crippen LogP contribution in [0.1, 0.15) is 41.9 Å². The van der Waals surface area contributed by atoms with E-state index in [-0.39, 0.29) is 24.5 Å². The molecule has 8 heteroatoms. The van der Waals surface area contributed by atoms with Gasteiger partial charge in [0.1, 0.15) is 12.3 Å². The largest absolute Gasteiger partial charge is 0.365 e. The number of morpholine rings is 1. The number of nitrogens with one attached hydrogen (secondary N) is 1. The van der Waals surface area contributed by atoms with Gasteiger partial charge in [-0.15, -0.1) is 0 Å². The molecule has 0 aromatic carbocycles. The minimum atomic E-state index is -0.205. The average Bonchev–Trinajstić information content (AvgIpc) is 3.46. The van der Waals surface area contributed by atoms with Gasteiger partial charge in [0.2, 0.25) is 5.91 Å². The topological polar surface area (TPSA) is 79.7 Å². The summed E-state index contributed by atoms with van der Waals surface area (Å²) in [4.78, 5) is 29.1. The molecule has 29 heavy (non-hydrogen) atoms. The number of nitrogens with zero attached hydrogens (tertiary/aromatic N) is 4. The van der Waals surface area contributed by atoms with Gasteiger partial charge < -0.3 is 19.9 Å². The van der Waals surface area contributed by atoms with Gasteiger partial charge in [-0.1, -0.05) is 0 Å². The maximum absolute atomic E-state index is 12.3. The smallest absolute Gasteiger partial charge is 0.271 e. The quantitative estimate of drug-likeness (QED) is 0.729. The molecule has 0 spiro atoms. The molecule has 4 rings (SSSR count). The van der Waals surface area contributed by atoms with Gasteiger partial charge in [-0.2, -0.15) is 5.10 Å². The number of ether oxygens (including phenoxy) is 1. The number of amides is 2. The summed E-state index contributed by atoms with van der Waals surface area (Å²) in [6.07, 6.45) is 4.96. The van der Waals surface area contributed by atoms with Crippen LogP contribution in [0.4, 0.5) is 0 Å². The van der Waals surface area contributed by atoms with Gasteiger partial charge in [0.25, 0.3) is 5.91 Å². The van der Waals surface area contributed by atoms with Crippen molar-refractivity contribution >= 4 is 11.8 Å². The van der Waals surface area contributed by atoms with Crippen molar-refractivity contribution in [1.82, 2.24) is 24.9 Å². The lowest BCUT2D eigenvalue weighted by Gasteiger charge is -2.38. The number of aromatic nitrogens is 2. The minimum Gasteiger partial charge on any atom is -0.365 e. The first kappa shape index (κ1) is 20.3. The van der Waals surface area contributed by atoms with Crippen LogP contribution in [0.25, 0.3) is 0 Å². The number of piperidine rings is 1. The molecular formula is C21H33N5O3. The van der Waals surface area contributed by atoms with Crippen LogP contribution in [0.3, 0.4) is 0 Å². The highest BCUT2D eigenvalue weighted by Crippen LogP contribution is 2.31. The van der Waals surface area contributed by atoms with E-state index < -0.39 is 0 Å². The van der Waals surface area contributed by atoms with Crippen LogP contribution in [0.2, 0.25) is 0 Å². The van der Waals surface area contributed by atoms with E-state index >= 15 is 0 Å². The van der Waals surface area contributed by atoms with E-state index in [0.29, 0.717) is 24.7 Å². The van der Waals surface area contributed by atoms with Crippen molar-refractivity contribution in [3.8, 4) is 0 Å². The zero-order chi connectivity index (χ0) is 20.4. The summed E-state index contributed by atoms with van der Waals surface area (Å²) < 4.78 is 7.34. The van der Waals surface area contributed by atoms with E-state index in [1.165, 1.54) is 19.4 Å². The van der Waals surface area contributed by atoms with Gasteiger partial charge in [0, 0.05) is 38.9 Å². The lowest BCUT2D eigenvalue weighted by atomic mass is 9.95. The molecule has 1 aromatic heterocycles. The van der Waals surface area contributed by atoms with Crippen LogP contribution < -0.4 is 5.32 Å². The van der Waals surface area contributed by atoms with Crippen molar-refractivity contribution in [3.05, 3.63) is 17.5 Å². The van der Waals surface area contributed by atoms with Crippen LogP contribution in [-0.4, -0.2) is 83.4 Å². The Morgan fingerprint density at radius 3 is 2.59 bits per heavy atom. The number of hydrogen-bond donors (Lipinski definition) is 1. The SMILES string of the molecule is Cc1cc(C(=O)NCC2CN(CC3CCN(CC4CC4)CC3)C(=O)CO2)nn1C. The second-order valence-corrected chi connectivity index (χ2v) is 8.92. The molecule has 1 atom stereocenters. The molecule has 1 aromatic rings. The van der Waals surface area contributed by atoms with Crippen LogP contribution in [0.15, 0.2) is 6.07 Å². The summed E-state index contributed by atoms with van der Waals surface area (Å²) in [5, 5.41) is 7.10. The van der Waals surface area contributed by atoms with Crippen molar-refractivity contribution in [2.75, 3.05) is 45.9 Å². The molecule has 1 unspecified atom stereocenters. The second-order valence-electron chi connectivity index (χ2n) is 8.92. The summed E-state index contributed by atoms with van der Waals surface area (Å²) in [5.74, 6) is 1.37. The summed E-state index contributed by atoms with van der Waals surface area (Å²) in [5.41, 5.74) is 1.34. The highest BCUT2D eigenvalue weighted by molar-refractivity contribution is 5.92. The zero-order valence-electron chi connectivity index (χ0n) is 17.6. The van der Waals surface area contributed by atoms with Gasteiger partial charge in [0.05, 0.1) is 6.10 Å². The van der Waals surface area contributed by atoms with Crippen molar-refractivity contribution in [2.45, 2.75) is 38.7 Å². The molecule has 3 aliphatic rings. The van der Waals surface area contributed by atoms with Crippen molar-refractivity contribution in [1.29, 1.82) is 0 Å². The Bertz CT molecular complexity index is 717. The summed E-state index contributed by atoms with van der Waals surface area (Å²) in [6.45, 7) is 7.33. The summed E-state index contributed by atoms with van der Waals surface area (Å²) in [6, 6.07) is 1.77. The van der Waals surface area contributed by atoms with E-state index in [1.807, 2.05) is 18.9 Å². The number of likely N-dealkylation sites (tertiary alicyclic amines) is 1. The van der Waals surface area contributed by atoms with Crippen LogP contribution >= 0.6 is 0 Å². The molecule has 2 saturated heterocycles. The van der Waals surface area contributed by atoms with Crippen molar-refractivity contribution in [2.24, 2.45) is 18.9 Å². The maximum atomic E-state index is 12.3. The zero-order valence-corrected chi connectivity index (χ0v) is 17.6. The normalized spacial score (nSPS) is 24.1. The van der Waals surface area contributed by atoms with Gasteiger partial charge in [-0.05, 0) is 63.6 Å². The molecule has 3 fully saturated rings. The molecule has 2 aliphatic heterocycles. The molecule has 0 radical (unpaired) electrons. The van der Waals surface area contributed by atoms with Gasteiger partial charge in [0.15, 0.2) is 0 Å². The van der Waals surface area contributed by atoms with Crippen molar-refractivity contribution in [3.63, 3.8) is 0 Å². The fourth-order valence-corrected chi connectivity index (χ4v) is 4.28. The van der Waals surface area contributed by atoms with Gasteiger partial charge >= 0.3 is 0 Å². The molecular weight excluding hydrogens is 370 g/mol. The van der Waals surface area contributed by atoms with E-state index in [4.69, 9.17) is 4.74 Å². The number of carbonyl (C=O) groups is 2. The van der Waals surface area contributed by atoms with Crippen LogP contribution in [-0.2, 0) is 16.6 Å². The molecule has 0 bridgehead atoms. The van der Waals surface area contributed by atoms with Crippen LogP contribution in [0, 0.1) is 18.8 Å². The number of rotatable bonds is 7. The van der Waals surface area contributed by atoms with E-state index in [1.54, 1.807) is 10.7 Å². The second kappa shape index (κ2) is 8.83. The average molecular weight is 404 g/mol. The predicted molar refractivity (Wildman–Crippen MR) is 108 cm³/mol. The standard InChI is InChI=1S/C21H33N5O3/c1-15-9-19(23-24(15)2)21(28)22-10-18-13-26(20(27)14-29-18)12-17-5-7-25(8-6-17)11-16-3-4-16/h9,16-18H,3-8,10-14H2,1-2H3,(H,22,28). The fourth-order valence-electron chi connectivity index (χ4n) is 4.28. The first-order chi connectivity index (χ1) is 14.0. The number of carbonyl (C=O) groups excluding carboxylic acids is 2. The lowest BCUT2D eigenvalue weighted by Crippen LogP contribution is -2.52. The van der Waals surface area contributed by atoms with Gasteiger partial charge in [-0.3, -0.25) is 14.3 Å². The van der Waals surface area contributed by atoms with E-state index in [9.17, 15) is 9.59 Å². The molecule has 3 heterocycles. The Morgan fingerprint density at radius 1 is 1.21 bits per heavy atom. The molecule has 2 amide bonds. The Morgan fingerprint density at radius 2 is 1.93 bits per heavy atom. The Kier molecular flexibility index (Phi) is 6.20. The first-order valence-corrected chi connectivity index (χ1v) is 10.9. The Labute approximate surface area is 172 Å². The Hall–Kier alpha value is -1.93. The summed E-state index contributed by atoms with van der Waals surface area (Å²) >= 11 is 0. The molecule has 8 nitrogen and oxygen atoms in total. The van der Waals surface area contributed by atoms with Crippen molar-refractivity contribution < 1.29 is 14.3 Å². The Balaban J connectivity index is 1.21. The van der Waals surface area contributed by atoms with Crippen LogP contribution in [0.5, 0.6) is 0 Å². The number of hydrogen-bond acceptors (Lipinski definition) is 5. The third-order valence-corrected chi connectivity index (χ3v) is 6.46. The highest BCUT2D eigenvalue weighted by Gasteiger charge is 2.31. The third kappa shape index (κ3) is 5.36. The maximum Gasteiger partial charge on any atom is 0.271 e. The van der Waals surface area contributed by atoms with E-state index in [0.717, 1.165) is 44.1 Å². The molecule has 1 saturated carbocycles. The first-order valence-electron chi connectivity index (χ1n) is 10.9. The third-order valence-electron chi connectivity index (χ3n) is 6.46. The predicted octanol–water partition coefficient (Wildman–Crippen LogP) is 0.808. The monoisotopic (exact) mass is 403 g/mol. The molecule has 160 valence electrons. The van der Waals surface area contributed by atoms with E-state index in [2.05, 4.69) is 15.3 Å².